The zero-order chi connectivity index (χ0) is 13.7. The quantitative estimate of drug-likeness (QED) is 0.872. The molecular weight excluding hydrogens is 236 g/mol. The number of amides is 1. The molecule has 2 unspecified atom stereocenters. The highest BCUT2D eigenvalue weighted by molar-refractivity contribution is 5.94. The van der Waals surface area contributed by atoms with Crippen LogP contribution in [0.15, 0.2) is 24.3 Å². The van der Waals surface area contributed by atoms with Gasteiger partial charge in [-0.05, 0) is 56.3 Å². The summed E-state index contributed by atoms with van der Waals surface area (Å²) in [5.74, 6) is 0.608. The number of aryl methyl sites for hydroxylation is 1. The average Bonchev–Trinajstić information content (AvgIpc) is 2.46. The highest BCUT2D eigenvalue weighted by Gasteiger charge is 2.18. The average molecular weight is 260 g/mol. The van der Waals surface area contributed by atoms with Crippen LogP contribution in [0.1, 0.15) is 42.6 Å². The Morgan fingerprint density at radius 3 is 2.63 bits per heavy atom. The van der Waals surface area contributed by atoms with Crippen LogP contribution in [-0.2, 0) is 6.42 Å². The van der Waals surface area contributed by atoms with Crippen molar-refractivity contribution in [3.63, 3.8) is 0 Å². The fraction of sp³-hybridized carbons (Fsp3) is 0.562. The molecule has 2 N–H and O–H groups in total. The number of rotatable bonds is 4. The molecule has 19 heavy (non-hydrogen) atoms. The summed E-state index contributed by atoms with van der Waals surface area (Å²) in [6, 6.07) is 8.50. The van der Waals surface area contributed by atoms with Gasteiger partial charge in [-0.1, -0.05) is 19.1 Å². The predicted molar refractivity (Wildman–Crippen MR) is 78.3 cm³/mol. The van der Waals surface area contributed by atoms with Crippen LogP contribution >= 0.6 is 0 Å². The van der Waals surface area contributed by atoms with E-state index in [0.717, 1.165) is 25.1 Å². The molecule has 0 aromatic heterocycles. The fourth-order valence-corrected chi connectivity index (χ4v) is 2.46. The van der Waals surface area contributed by atoms with Gasteiger partial charge in [0.05, 0.1) is 0 Å². The molecule has 1 aromatic rings. The molecule has 1 saturated heterocycles. The molecule has 1 aliphatic heterocycles. The molecule has 2 rings (SSSR count). The lowest BCUT2D eigenvalue weighted by Gasteiger charge is -2.27. The van der Waals surface area contributed by atoms with E-state index in [-0.39, 0.29) is 5.91 Å². The molecule has 1 amide bonds. The smallest absolute Gasteiger partial charge is 0.251 e. The first kappa shape index (κ1) is 14.1. The second kappa shape index (κ2) is 6.71. The summed E-state index contributed by atoms with van der Waals surface area (Å²) in [4.78, 5) is 12.0. The van der Waals surface area contributed by atoms with Gasteiger partial charge in [-0.15, -0.1) is 0 Å². The number of piperidine rings is 1. The Bertz CT molecular complexity index is 405. The highest BCUT2D eigenvalue weighted by atomic mass is 16.1. The minimum atomic E-state index is 0.0428. The van der Waals surface area contributed by atoms with Gasteiger partial charge in [0.2, 0.25) is 0 Å². The van der Waals surface area contributed by atoms with Crippen LogP contribution in [0.3, 0.4) is 0 Å². The number of carbonyl (C=O) groups is 1. The van der Waals surface area contributed by atoms with E-state index in [1.54, 1.807) is 0 Å². The van der Waals surface area contributed by atoms with Crippen LogP contribution in [0.5, 0.6) is 0 Å². The molecule has 0 radical (unpaired) electrons. The zero-order valence-corrected chi connectivity index (χ0v) is 11.9. The number of carbonyl (C=O) groups excluding carboxylic acids is 1. The lowest BCUT2D eigenvalue weighted by atomic mass is 9.95. The largest absolute Gasteiger partial charge is 0.352 e. The van der Waals surface area contributed by atoms with E-state index in [1.165, 1.54) is 18.4 Å². The Balaban J connectivity index is 1.80. The van der Waals surface area contributed by atoms with E-state index in [1.807, 2.05) is 24.3 Å². The van der Waals surface area contributed by atoms with E-state index in [9.17, 15) is 4.79 Å². The number of hydrogen-bond acceptors (Lipinski definition) is 2. The molecule has 0 aliphatic carbocycles. The van der Waals surface area contributed by atoms with E-state index >= 15 is 0 Å². The van der Waals surface area contributed by atoms with E-state index < -0.39 is 0 Å². The highest BCUT2D eigenvalue weighted by Crippen LogP contribution is 2.13. The Kier molecular flexibility index (Phi) is 4.97. The van der Waals surface area contributed by atoms with Crippen LogP contribution in [0, 0.1) is 5.92 Å². The number of hydrogen-bond donors (Lipinski definition) is 2. The van der Waals surface area contributed by atoms with Crippen LogP contribution in [0.25, 0.3) is 0 Å². The first-order chi connectivity index (χ1) is 9.19. The Hall–Kier alpha value is -1.35. The fourth-order valence-electron chi connectivity index (χ4n) is 2.46. The third-order valence-corrected chi connectivity index (χ3v) is 3.94. The van der Waals surface area contributed by atoms with E-state index in [2.05, 4.69) is 24.5 Å². The van der Waals surface area contributed by atoms with E-state index in [4.69, 9.17) is 0 Å². The van der Waals surface area contributed by atoms with Gasteiger partial charge in [0.1, 0.15) is 0 Å². The van der Waals surface area contributed by atoms with Crippen LogP contribution in [0.4, 0.5) is 0 Å². The standard InChI is InChI=1S/C16H24N2O/c1-3-13-6-8-15(9-7-13)16(19)18-11-14-5-4-12(2)17-10-14/h6-9,12,14,17H,3-5,10-11H2,1-2H3,(H,18,19). The molecule has 104 valence electrons. The number of benzene rings is 1. The van der Waals surface area contributed by atoms with Crippen molar-refractivity contribution in [1.29, 1.82) is 0 Å². The van der Waals surface area contributed by atoms with Gasteiger partial charge in [0, 0.05) is 18.2 Å². The lowest BCUT2D eigenvalue weighted by molar-refractivity contribution is 0.0944. The molecular formula is C16H24N2O. The van der Waals surface area contributed by atoms with Crippen molar-refractivity contribution in [1.82, 2.24) is 10.6 Å². The maximum Gasteiger partial charge on any atom is 0.251 e. The topological polar surface area (TPSA) is 41.1 Å². The minimum Gasteiger partial charge on any atom is -0.352 e. The maximum atomic E-state index is 12.0. The van der Waals surface area contributed by atoms with E-state index in [0.29, 0.717) is 12.0 Å². The maximum absolute atomic E-state index is 12.0. The van der Waals surface area contributed by atoms with Gasteiger partial charge in [-0.2, -0.15) is 0 Å². The van der Waals surface area contributed by atoms with Crippen molar-refractivity contribution in [3.05, 3.63) is 35.4 Å². The molecule has 3 nitrogen and oxygen atoms in total. The molecule has 3 heteroatoms. The summed E-state index contributed by atoms with van der Waals surface area (Å²) >= 11 is 0. The SMILES string of the molecule is CCc1ccc(C(=O)NCC2CCC(C)NC2)cc1. The van der Waals surface area contributed by atoms with Crippen LogP contribution in [0.2, 0.25) is 0 Å². The summed E-state index contributed by atoms with van der Waals surface area (Å²) < 4.78 is 0. The summed E-state index contributed by atoms with van der Waals surface area (Å²) in [7, 11) is 0. The van der Waals surface area contributed by atoms with Gasteiger partial charge >= 0.3 is 0 Å². The molecule has 1 aliphatic rings. The second-order valence-electron chi connectivity index (χ2n) is 5.51. The molecule has 1 aromatic carbocycles. The van der Waals surface area contributed by atoms with Gasteiger partial charge in [-0.25, -0.2) is 0 Å². The predicted octanol–water partition coefficient (Wildman–Crippen LogP) is 2.37. The van der Waals surface area contributed by atoms with Gasteiger partial charge in [0.25, 0.3) is 5.91 Å². The third-order valence-electron chi connectivity index (χ3n) is 3.94. The van der Waals surface area contributed by atoms with Crippen molar-refractivity contribution in [2.24, 2.45) is 5.92 Å². The van der Waals surface area contributed by atoms with Crippen molar-refractivity contribution < 1.29 is 4.79 Å². The molecule has 0 spiro atoms. The first-order valence-corrected chi connectivity index (χ1v) is 7.29. The van der Waals surface area contributed by atoms with Gasteiger partial charge in [0.15, 0.2) is 0 Å². The molecule has 2 atom stereocenters. The minimum absolute atomic E-state index is 0.0428. The normalized spacial score (nSPS) is 23.1. The Morgan fingerprint density at radius 1 is 1.32 bits per heavy atom. The Labute approximate surface area is 115 Å². The molecule has 1 heterocycles. The molecule has 0 bridgehead atoms. The molecule has 1 fully saturated rings. The molecule has 0 saturated carbocycles. The number of nitrogens with one attached hydrogen (secondary N) is 2. The monoisotopic (exact) mass is 260 g/mol. The summed E-state index contributed by atoms with van der Waals surface area (Å²) in [5, 5.41) is 6.50. The zero-order valence-electron chi connectivity index (χ0n) is 11.9. The summed E-state index contributed by atoms with van der Waals surface area (Å²) in [5.41, 5.74) is 2.02. The summed E-state index contributed by atoms with van der Waals surface area (Å²) in [6.07, 6.45) is 3.41. The van der Waals surface area contributed by atoms with Crippen molar-refractivity contribution in [2.45, 2.75) is 39.2 Å². The Morgan fingerprint density at radius 2 is 2.05 bits per heavy atom. The van der Waals surface area contributed by atoms with Gasteiger partial charge < -0.3 is 10.6 Å². The van der Waals surface area contributed by atoms with Crippen molar-refractivity contribution in [2.75, 3.05) is 13.1 Å². The second-order valence-corrected chi connectivity index (χ2v) is 5.51. The lowest BCUT2D eigenvalue weighted by Crippen LogP contribution is -2.41. The third kappa shape index (κ3) is 4.06. The van der Waals surface area contributed by atoms with Crippen LogP contribution in [-0.4, -0.2) is 25.0 Å². The summed E-state index contributed by atoms with van der Waals surface area (Å²) in [6.45, 7) is 6.11. The van der Waals surface area contributed by atoms with Crippen molar-refractivity contribution >= 4 is 5.91 Å². The van der Waals surface area contributed by atoms with Gasteiger partial charge in [-0.3, -0.25) is 4.79 Å². The van der Waals surface area contributed by atoms with Crippen molar-refractivity contribution in [3.8, 4) is 0 Å². The first-order valence-electron chi connectivity index (χ1n) is 7.29. The van der Waals surface area contributed by atoms with Crippen LogP contribution < -0.4 is 10.6 Å².